The molecule has 1 aromatic heterocycles. The average Bonchev–Trinajstić information content (AvgIpc) is 2.76. The second kappa shape index (κ2) is 4.55. The lowest BCUT2D eigenvalue weighted by Crippen LogP contribution is -2.28. The van der Waals surface area contributed by atoms with Gasteiger partial charge < -0.3 is 0 Å². The minimum Gasteiger partial charge on any atom is -0.294 e. The lowest BCUT2D eigenvalue weighted by molar-refractivity contribution is 0.239. The molecule has 0 aliphatic carbocycles. The van der Waals surface area contributed by atoms with Crippen LogP contribution in [0.15, 0.2) is 0 Å². The van der Waals surface area contributed by atoms with Crippen molar-refractivity contribution in [3.05, 3.63) is 9.47 Å². The van der Waals surface area contributed by atoms with Crippen LogP contribution in [0.3, 0.4) is 0 Å². The maximum Gasteiger partial charge on any atom is 0.207 e. The highest BCUT2D eigenvalue weighted by Gasteiger charge is 2.23. The molecule has 2 rings (SSSR count). The fraction of sp³-hybridized carbons (Fsp3) is 0.778. The van der Waals surface area contributed by atoms with Crippen molar-refractivity contribution in [1.29, 1.82) is 0 Å². The summed E-state index contributed by atoms with van der Waals surface area (Å²) in [6.45, 7) is 4.36. The zero-order chi connectivity index (χ0) is 9.97. The van der Waals surface area contributed by atoms with E-state index in [1.54, 1.807) is 0 Å². The van der Waals surface area contributed by atoms with Crippen LogP contribution in [0.4, 0.5) is 0 Å². The minimum atomic E-state index is 0.548. The summed E-state index contributed by atoms with van der Waals surface area (Å²) in [5, 5.41) is 8.90. The summed E-state index contributed by atoms with van der Waals surface area (Å²) in [7, 11) is 0. The van der Waals surface area contributed by atoms with Gasteiger partial charge in [0.1, 0.15) is 5.01 Å². The van der Waals surface area contributed by atoms with Crippen LogP contribution < -0.4 is 0 Å². The monoisotopic (exact) mass is 231 g/mol. The van der Waals surface area contributed by atoms with Gasteiger partial charge in [-0.1, -0.05) is 18.3 Å². The number of halogens is 1. The Labute approximate surface area is 93.1 Å². The van der Waals surface area contributed by atoms with E-state index in [1.165, 1.54) is 37.1 Å². The Hall–Kier alpha value is -0.190. The summed E-state index contributed by atoms with van der Waals surface area (Å²) in [6.07, 6.45) is 3.86. The lowest BCUT2D eigenvalue weighted by Gasteiger charge is -2.21. The summed E-state index contributed by atoms with van der Waals surface area (Å²) >= 11 is 7.23. The first-order valence-corrected chi connectivity index (χ1v) is 6.21. The normalized spacial score (nSPS) is 23.1. The van der Waals surface area contributed by atoms with E-state index in [4.69, 9.17) is 11.6 Å². The third-order valence-electron chi connectivity index (χ3n) is 2.75. The van der Waals surface area contributed by atoms with Gasteiger partial charge in [0.2, 0.25) is 4.47 Å². The first kappa shape index (κ1) is 10.3. The maximum absolute atomic E-state index is 5.74. The fourth-order valence-corrected chi connectivity index (χ4v) is 2.93. The summed E-state index contributed by atoms with van der Waals surface area (Å²) in [5.74, 6) is 0. The molecule has 1 fully saturated rings. The maximum atomic E-state index is 5.74. The molecule has 14 heavy (non-hydrogen) atoms. The van der Waals surface area contributed by atoms with Crippen LogP contribution >= 0.6 is 22.9 Å². The van der Waals surface area contributed by atoms with Gasteiger partial charge in [0.15, 0.2) is 0 Å². The van der Waals surface area contributed by atoms with Gasteiger partial charge in [-0.3, -0.25) is 4.90 Å². The molecule has 0 aromatic carbocycles. The quantitative estimate of drug-likeness (QED) is 0.801. The van der Waals surface area contributed by atoms with E-state index in [0.717, 1.165) is 17.6 Å². The molecule has 0 amide bonds. The standard InChI is InChI=1S/C9H14ClN3S/c1-2-7-4-3-5-13(7)6-8-11-12-9(10)14-8/h7H,2-6H2,1H3. The van der Waals surface area contributed by atoms with Crippen LogP contribution in [-0.2, 0) is 6.54 Å². The van der Waals surface area contributed by atoms with Gasteiger partial charge in [0, 0.05) is 6.04 Å². The van der Waals surface area contributed by atoms with Crippen molar-refractivity contribution in [2.75, 3.05) is 6.54 Å². The van der Waals surface area contributed by atoms with Crippen molar-refractivity contribution in [2.45, 2.75) is 38.8 Å². The van der Waals surface area contributed by atoms with E-state index in [1.807, 2.05) is 0 Å². The Morgan fingerprint density at radius 1 is 1.57 bits per heavy atom. The van der Waals surface area contributed by atoms with Crippen molar-refractivity contribution in [2.24, 2.45) is 0 Å². The van der Waals surface area contributed by atoms with E-state index >= 15 is 0 Å². The molecule has 2 heterocycles. The van der Waals surface area contributed by atoms with E-state index in [-0.39, 0.29) is 0 Å². The molecule has 0 saturated carbocycles. The summed E-state index contributed by atoms with van der Waals surface area (Å²) in [6, 6.07) is 0.734. The number of rotatable bonds is 3. The number of nitrogens with zero attached hydrogens (tertiary/aromatic N) is 3. The third-order valence-corrected chi connectivity index (χ3v) is 3.75. The molecular weight excluding hydrogens is 218 g/mol. The van der Waals surface area contributed by atoms with Crippen molar-refractivity contribution < 1.29 is 0 Å². The van der Waals surface area contributed by atoms with Gasteiger partial charge in [-0.15, -0.1) is 10.2 Å². The molecule has 0 bridgehead atoms. The molecule has 0 spiro atoms. The first-order valence-electron chi connectivity index (χ1n) is 5.01. The van der Waals surface area contributed by atoms with Crippen molar-refractivity contribution >= 4 is 22.9 Å². The zero-order valence-electron chi connectivity index (χ0n) is 8.24. The van der Waals surface area contributed by atoms with Crippen LogP contribution in [0.1, 0.15) is 31.2 Å². The van der Waals surface area contributed by atoms with E-state index in [2.05, 4.69) is 22.0 Å². The highest BCUT2D eigenvalue weighted by Crippen LogP contribution is 2.24. The molecule has 1 saturated heterocycles. The molecule has 5 heteroatoms. The molecule has 1 atom stereocenters. The molecule has 1 aliphatic heterocycles. The van der Waals surface area contributed by atoms with Gasteiger partial charge in [-0.2, -0.15) is 0 Å². The second-order valence-electron chi connectivity index (χ2n) is 3.62. The lowest BCUT2D eigenvalue weighted by atomic mass is 10.2. The number of hydrogen-bond donors (Lipinski definition) is 0. The molecule has 0 N–H and O–H groups in total. The van der Waals surface area contributed by atoms with Crippen LogP contribution in [0.5, 0.6) is 0 Å². The summed E-state index contributed by atoms with van der Waals surface area (Å²) < 4.78 is 0.548. The van der Waals surface area contributed by atoms with E-state index < -0.39 is 0 Å². The Bertz CT molecular complexity index is 302. The third kappa shape index (κ3) is 2.24. The van der Waals surface area contributed by atoms with Crippen molar-refractivity contribution in [3.63, 3.8) is 0 Å². The van der Waals surface area contributed by atoms with Gasteiger partial charge in [-0.25, -0.2) is 0 Å². The van der Waals surface area contributed by atoms with Crippen LogP contribution in [0.2, 0.25) is 4.47 Å². The van der Waals surface area contributed by atoms with Crippen molar-refractivity contribution in [3.8, 4) is 0 Å². The SMILES string of the molecule is CCC1CCCN1Cc1nnc(Cl)s1. The Kier molecular flexibility index (Phi) is 3.36. The molecule has 1 aromatic rings. The highest BCUT2D eigenvalue weighted by molar-refractivity contribution is 7.15. The van der Waals surface area contributed by atoms with Crippen molar-refractivity contribution in [1.82, 2.24) is 15.1 Å². The molecule has 1 unspecified atom stereocenters. The molecule has 0 radical (unpaired) electrons. The molecule has 78 valence electrons. The predicted molar refractivity (Wildman–Crippen MR) is 58.6 cm³/mol. The highest BCUT2D eigenvalue weighted by atomic mass is 35.5. The predicted octanol–water partition coefficient (Wildman–Crippen LogP) is 2.57. The Balaban J connectivity index is 1.96. The minimum absolute atomic E-state index is 0.548. The molecule has 3 nitrogen and oxygen atoms in total. The topological polar surface area (TPSA) is 29.0 Å². The number of likely N-dealkylation sites (tertiary alicyclic amines) is 1. The van der Waals surface area contributed by atoms with E-state index in [0.29, 0.717) is 4.47 Å². The Morgan fingerprint density at radius 2 is 2.43 bits per heavy atom. The molecule has 1 aliphatic rings. The smallest absolute Gasteiger partial charge is 0.207 e. The van der Waals surface area contributed by atoms with Crippen LogP contribution in [0, 0.1) is 0 Å². The molecular formula is C9H14ClN3S. The fourth-order valence-electron chi connectivity index (χ4n) is 2.04. The van der Waals surface area contributed by atoms with Crippen LogP contribution in [0.25, 0.3) is 0 Å². The van der Waals surface area contributed by atoms with Gasteiger partial charge in [0.25, 0.3) is 0 Å². The second-order valence-corrected chi connectivity index (χ2v) is 5.27. The van der Waals surface area contributed by atoms with Crippen LogP contribution in [-0.4, -0.2) is 27.7 Å². The Morgan fingerprint density at radius 3 is 3.07 bits per heavy atom. The summed E-state index contributed by atoms with van der Waals surface area (Å²) in [5.41, 5.74) is 0. The summed E-state index contributed by atoms with van der Waals surface area (Å²) in [4.78, 5) is 2.48. The first-order chi connectivity index (χ1) is 6.79. The zero-order valence-corrected chi connectivity index (χ0v) is 9.81. The number of hydrogen-bond acceptors (Lipinski definition) is 4. The average molecular weight is 232 g/mol. The van der Waals surface area contributed by atoms with E-state index in [9.17, 15) is 0 Å². The number of aromatic nitrogens is 2. The largest absolute Gasteiger partial charge is 0.294 e. The van der Waals surface area contributed by atoms with Gasteiger partial charge >= 0.3 is 0 Å². The van der Waals surface area contributed by atoms with Gasteiger partial charge in [0.05, 0.1) is 6.54 Å². The van der Waals surface area contributed by atoms with Gasteiger partial charge in [-0.05, 0) is 37.4 Å².